The van der Waals surface area contributed by atoms with Crippen LogP contribution in [0.15, 0.2) is 24.4 Å². The number of aromatic nitrogens is 3. The summed E-state index contributed by atoms with van der Waals surface area (Å²) in [6.45, 7) is 4.15. The van der Waals surface area contributed by atoms with Gasteiger partial charge in [-0.1, -0.05) is 26.1 Å². The summed E-state index contributed by atoms with van der Waals surface area (Å²) in [7, 11) is 0. The van der Waals surface area contributed by atoms with Gasteiger partial charge in [-0.3, -0.25) is 5.10 Å². The molecule has 0 fully saturated rings. The van der Waals surface area contributed by atoms with Crippen LogP contribution in [0.1, 0.15) is 25.1 Å². The summed E-state index contributed by atoms with van der Waals surface area (Å²) in [6, 6.07) is 4.09. The van der Waals surface area contributed by atoms with Crippen molar-refractivity contribution in [2.24, 2.45) is 5.92 Å². The molecule has 2 aromatic heterocycles. The maximum absolute atomic E-state index is 12.5. The molecule has 0 unspecified atom stereocenters. The van der Waals surface area contributed by atoms with Crippen molar-refractivity contribution in [1.29, 1.82) is 0 Å². The number of hydrogen-bond donors (Lipinski definition) is 1. The van der Waals surface area contributed by atoms with Crippen molar-refractivity contribution in [2.75, 3.05) is 0 Å². The van der Waals surface area contributed by atoms with Gasteiger partial charge in [0.2, 0.25) is 0 Å². The smallest absolute Gasteiger partial charge is 0.296 e. The van der Waals surface area contributed by atoms with Crippen LogP contribution in [0.4, 0.5) is 13.2 Å². The molecule has 2 rings (SSSR count). The number of rotatable bonds is 3. The fraction of sp³-hybridized carbons (Fsp3) is 0.385. The first-order valence-corrected chi connectivity index (χ1v) is 6.53. The van der Waals surface area contributed by atoms with E-state index in [1.165, 1.54) is 10.7 Å². The molecule has 0 spiro atoms. The van der Waals surface area contributed by atoms with Crippen LogP contribution in [0, 0.1) is 10.6 Å². The standard InChI is InChI=1S/C13H14F3N3S/c1-8(2)5-10-6-12(20)19(18-10)11-4-3-9(7-17-11)13(14,15)16/h3-4,6-8,18H,5H2,1-2H3. The van der Waals surface area contributed by atoms with Gasteiger partial charge in [-0.2, -0.15) is 13.2 Å². The molecule has 0 amide bonds. The first-order chi connectivity index (χ1) is 9.27. The van der Waals surface area contributed by atoms with E-state index in [0.29, 0.717) is 16.4 Å². The monoisotopic (exact) mass is 301 g/mol. The molecule has 0 atom stereocenters. The molecule has 2 heterocycles. The third kappa shape index (κ3) is 3.27. The zero-order valence-electron chi connectivity index (χ0n) is 11.0. The minimum Gasteiger partial charge on any atom is -0.296 e. The van der Waals surface area contributed by atoms with Gasteiger partial charge >= 0.3 is 6.18 Å². The summed E-state index contributed by atoms with van der Waals surface area (Å²) in [6.07, 6.45) is -2.76. The van der Waals surface area contributed by atoms with Gasteiger partial charge in [0.1, 0.15) is 4.64 Å². The molecule has 0 saturated heterocycles. The second-order valence-electron chi connectivity index (χ2n) is 4.96. The van der Waals surface area contributed by atoms with Crippen LogP contribution < -0.4 is 0 Å². The first kappa shape index (κ1) is 14.8. The number of alkyl halides is 3. The highest BCUT2D eigenvalue weighted by Gasteiger charge is 2.30. The summed E-state index contributed by atoms with van der Waals surface area (Å²) < 4.78 is 39.4. The molecule has 0 radical (unpaired) electrons. The van der Waals surface area contributed by atoms with E-state index in [0.717, 1.165) is 24.4 Å². The average molecular weight is 301 g/mol. The largest absolute Gasteiger partial charge is 0.417 e. The average Bonchev–Trinajstić information content (AvgIpc) is 2.68. The van der Waals surface area contributed by atoms with E-state index < -0.39 is 11.7 Å². The van der Waals surface area contributed by atoms with Crippen molar-refractivity contribution in [3.8, 4) is 5.82 Å². The number of pyridine rings is 1. The molecule has 0 aliphatic heterocycles. The minimum absolute atomic E-state index is 0.345. The van der Waals surface area contributed by atoms with E-state index in [-0.39, 0.29) is 0 Å². The summed E-state index contributed by atoms with van der Waals surface area (Å²) in [5.41, 5.74) is 0.161. The van der Waals surface area contributed by atoms with Gasteiger partial charge in [-0.05, 0) is 30.5 Å². The molecule has 108 valence electrons. The van der Waals surface area contributed by atoms with E-state index in [1.54, 1.807) is 6.07 Å². The molecule has 7 heteroatoms. The number of aromatic amines is 1. The lowest BCUT2D eigenvalue weighted by Gasteiger charge is -2.07. The zero-order valence-corrected chi connectivity index (χ0v) is 11.8. The lowest BCUT2D eigenvalue weighted by molar-refractivity contribution is -0.137. The highest BCUT2D eigenvalue weighted by molar-refractivity contribution is 7.71. The summed E-state index contributed by atoms with van der Waals surface area (Å²) >= 11 is 5.18. The fourth-order valence-electron chi connectivity index (χ4n) is 1.85. The number of nitrogens with zero attached hydrogens (tertiary/aromatic N) is 2. The Bertz CT molecular complexity index is 638. The van der Waals surface area contributed by atoms with E-state index in [4.69, 9.17) is 12.2 Å². The van der Waals surface area contributed by atoms with Crippen molar-refractivity contribution in [2.45, 2.75) is 26.4 Å². The fourth-order valence-corrected chi connectivity index (χ4v) is 2.13. The van der Waals surface area contributed by atoms with Crippen LogP contribution in [0.2, 0.25) is 0 Å². The minimum atomic E-state index is -4.38. The van der Waals surface area contributed by atoms with Gasteiger partial charge in [0.25, 0.3) is 0 Å². The van der Waals surface area contributed by atoms with E-state index in [9.17, 15) is 13.2 Å². The van der Waals surface area contributed by atoms with Crippen LogP contribution in [0.5, 0.6) is 0 Å². The van der Waals surface area contributed by atoms with Gasteiger partial charge in [-0.25, -0.2) is 9.67 Å². The third-order valence-electron chi connectivity index (χ3n) is 2.71. The maximum Gasteiger partial charge on any atom is 0.417 e. The van der Waals surface area contributed by atoms with Gasteiger partial charge in [-0.15, -0.1) is 0 Å². The van der Waals surface area contributed by atoms with Crippen molar-refractivity contribution < 1.29 is 13.2 Å². The Morgan fingerprint density at radius 3 is 2.55 bits per heavy atom. The van der Waals surface area contributed by atoms with Crippen molar-refractivity contribution in [1.82, 2.24) is 14.8 Å². The van der Waals surface area contributed by atoms with Gasteiger partial charge in [0, 0.05) is 11.9 Å². The third-order valence-corrected chi connectivity index (χ3v) is 3.01. The quantitative estimate of drug-likeness (QED) is 0.864. The Balaban J connectivity index is 2.32. The number of H-pyrrole nitrogens is 1. The molecule has 0 saturated carbocycles. The normalized spacial score (nSPS) is 12.1. The van der Waals surface area contributed by atoms with E-state index in [2.05, 4.69) is 23.9 Å². The van der Waals surface area contributed by atoms with Crippen LogP contribution in [-0.2, 0) is 12.6 Å². The van der Waals surface area contributed by atoms with E-state index in [1.807, 2.05) is 0 Å². The van der Waals surface area contributed by atoms with Crippen molar-refractivity contribution in [3.05, 3.63) is 40.3 Å². The summed E-state index contributed by atoms with van der Waals surface area (Å²) in [5, 5.41) is 3.06. The number of hydrogen-bond acceptors (Lipinski definition) is 2. The lowest BCUT2D eigenvalue weighted by Crippen LogP contribution is -2.07. The number of nitrogens with one attached hydrogen (secondary N) is 1. The van der Waals surface area contributed by atoms with Crippen LogP contribution in [-0.4, -0.2) is 14.8 Å². The second kappa shape index (κ2) is 5.40. The molecule has 2 aromatic rings. The molecule has 1 N–H and O–H groups in total. The van der Waals surface area contributed by atoms with Gasteiger partial charge in [0.15, 0.2) is 5.82 Å². The molecule has 0 aliphatic rings. The van der Waals surface area contributed by atoms with Crippen molar-refractivity contribution >= 4 is 12.2 Å². The summed E-state index contributed by atoms with van der Waals surface area (Å²) in [4.78, 5) is 3.81. The highest BCUT2D eigenvalue weighted by Crippen LogP contribution is 2.28. The zero-order chi connectivity index (χ0) is 14.9. The molecular weight excluding hydrogens is 287 g/mol. The molecule has 0 aromatic carbocycles. The maximum atomic E-state index is 12.5. The van der Waals surface area contributed by atoms with Gasteiger partial charge < -0.3 is 0 Å². The molecule has 20 heavy (non-hydrogen) atoms. The topological polar surface area (TPSA) is 33.6 Å². The molecule has 0 aliphatic carbocycles. The van der Waals surface area contributed by atoms with Crippen molar-refractivity contribution in [3.63, 3.8) is 0 Å². The van der Waals surface area contributed by atoms with Crippen LogP contribution in [0.25, 0.3) is 5.82 Å². The predicted molar refractivity (Wildman–Crippen MR) is 72.3 cm³/mol. The summed E-state index contributed by atoms with van der Waals surface area (Å²) in [5.74, 6) is 0.801. The highest BCUT2D eigenvalue weighted by atomic mass is 32.1. The Labute approximate surface area is 119 Å². The molecule has 3 nitrogen and oxygen atoms in total. The Morgan fingerprint density at radius 2 is 2.05 bits per heavy atom. The molecule has 0 bridgehead atoms. The van der Waals surface area contributed by atoms with Crippen LogP contribution >= 0.6 is 12.2 Å². The van der Waals surface area contributed by atoms with Crippen LogP contribution in [0.3, 0.4) is 0 Å². The SMILES string of the molecule is CC(C)Cc1cc(=S)n(-c2ccc(C(F)(F)F)cn2)[nH]1. The van der Waals surface area contributed by atoms with Gasteiger partial charge in [0.05, 0.1) is 5.56 Å². The second-order valence-corrected chi connectivity index (χ2v) is 5.37. The Hall–Kier alpha value is -1.63. The predicted octanol–water partition coefficient (Wildman–Crippen LogP) is 4.15. The first-order valence-electron chi connectivity index (χ1n) is 6.12. The molecular formula is C13H14F3N3S. The van der Waals surface area contributed by atoms with E-state index >= 15 is 0 Å². The Morgan fingerprint density at radius 1 is 1.35 bits per heavy atom. The lowest BCUT2D eigenvalue weighted by atomic mass is 10.1. The Kier molecular flexibility index (Phi) is 3.99. The number of halogens is 3.